The molecule has 2 aromatic rings. The predicted molar refractivity (Wildman–Crippen MR) is 52.7 cm³/mol. The lowest BCUT2D eigenvalue weighted by molar-refractivity contribution is 0.244. The van der Waals surface area contributed by atoms with Gasteiger partial charge in [-0.2, -0.15) is 0 Å². The standard InChI is InChI=1S/C7H6N4O.HO3P/c12-7(10-3-1-8-5-10)11-4-2-9-6-11;1-4(2)3/h1-6H;(H-,1,2,3)/p+1. The van der Waals surface area contributed by atoms with Crippen molar-refractivity contribution in [3.05, 3.63) is 37.4 Å². The van der Waals surface area contributed by atoms with Gasteiger partial charge in [0.05, 0.1) is 0 Å². The Labute approximate surface area is 90.8 Å². The summed E-state index contributed by atoms with van der Waals surface area (Å²) in [6.07, 6.45) is 9.17. The van der Waals surface area contributed by atoms with Crippen molar-refractivity contribution in [1.82, 2.24) is 19.1 Å². The molecule has 84 valence electrons. The van der Waals surface area contributed by atoms with E-state index in [4.69, 9.17) is 14.4 Å². The average Bonchev–Trinajstić information content (AvgIpc) is 2.90. The molecule has 2 rings (SSSR count). The van der Waals surface area contributed by atoms with Crippen molar-refractivity contribution in [1.29, 1.82) is 0 Å². The van der Waals surface area contributed by atoms with E-state index in [9.17, 15) is 4.79 Å². The highest BCUT2D eigenvalue weighted by molar-refractivity contribution is 7.30. The van der Waals surface area contributed by atoms with Crippen LogP contribution in [0.3, 0.4) is 0 Å². The molecule has 0 bridgehead atoms. The minimum absolute atomic E-state index is 0.190. The van der Waals surface area contributed by atoms with Gasteiger partial charge in [0.15, 0.2) is 0 Å². The van der Waals surface area contributed by atoms with Crippen LogP contribution in [-0.2, 0) is 4.57 Å². The summed E-state index contributed by atoms with van der Waals surface area (Å²) in [5.74, 6) is 0. The summed E-state index contributed by atoms with van der Waals surface area (Å²) >= 11 is 0. The Morgan fingerprint density at radius 3 is 1.69 bits per heavy atom. The largest absolute Gasteiger partial charge is 0.692 e. The molecule has 2 aromatic heterocycles. The van der Waals surface area contributed by atoms with Crippen LogP contribution in [0, 0.1) is 0 Å². The first-order valence-corrected chi connectivity index (χ1v) is 5.13. The van der Waals surface area contributed by atoms with Crippen LogP contribution in [0.5, 0.6) is 0 Å². The summed E-state index contributed by atoms with van der Waals surface area (Å²) in [4.78, 5) is 33.2. The monoisotopic (exact) mass is 243 g/mol. The van der Waals surface area contributed by atoms with Crippen LogP contribution in [0.25, 0.3) is 0 Å². The van der Waals surface area contributed by atoms with Crippen LogP contribution in [0.1, 0.15) is 0 Å². The van der Waals surface area contributed by atoms with Crippen LogP contribution in [0.15, 0.2) is 37.4 Å². The van der Waals surface area contributed by atoms with E-state index in [1.165, 1.54) is 21.8 Å². The van der Waals surface area contributed by atoms with E-state index < -0.39 is 8.25 Å². The van der Waals surface area contributed by atoms with Gasteiger partial charge in [-0.25, -0.2) is 14.8 Å². The van der Waals surface area contributed by atoms with Gasteiger partial charge >= 0.3 is 14.3 Å². The number of hydrogen-bond acceptors (Lipinski definition) is 4. The summed E-state index contributed by atoms with van der Waals surface area (Å²) < 4.78 is 11.5. The molecule has 0 aliphatic heterocycles. The zero-order valence-electron chi connectivity index (χ0n) is 7.91. The lowest BCUT2D eigenvalue weighted by Crippen LogP contribution is -2.15. The van der Waals surface area contributed by atoms with Crippen LogP contribution in [-0.4, -0.2) is 34.9 Å². The van der Waals surface area contributed by atoms with Crippen LogP contribution >= 0.6 is 8.25 Å². The van der Waals surface area contributed by atoms with Crippen molar-refractivity contribution in [3.63, 3.8) is 0 Å². The minimum Gasteiger partial charge on any atom is -0.257 e. The van der Waals surface area contributed by atoms with E-state index in [1.807, 2.05) is 0 Å². The molecule has 0 saturated carbocycles. The van der Waals surface area contributed by atoms with Gasteiger partial charge in [0.25, 0.3) is 0 Å². The fourth-order valence-electron chi connectivity index (χ4n) is 0.878. The molecule has 0 fully saturated rings. The maximum absolute atomic E-state index is 11.4. The molecule has 0 unspecified atom stereocenters. The Balaban J connectivity index is 0.000000280. The van der Waals surface area contributed by atoms with Gasteiger partial charge < -0.3 is 0 Å². The van der Waals surface area contributed by atoms with E-state index >= 15 is 0 Å². The Hall–Kier alpha value is -1.89. The molecule has 0 spiro atoms. The third kappa shape index (κ3) is 3.70. The molecular weight excluding hydrogens is 235 g/mol. The van der Waals surface area contributed by atoms with E-state index in [1.54, 1.807) is 24.8 Å². The maximum atomic E-state index is 11.4. The molecular formula is C7H8N4O4P+. The van der Waals surface area contributed by atoms with Gasteiger partial charge in [-0.3, -0.25) is 9.13 Å². The van der Waals surface area contributed by atoms with Crippen LogP contribution in [0.2, 0.25) is 0 Å². The highest BCUT2D eigenvalue weighted by Crippen LogP contribution is 1.98. The summed E-state index contributed by atoms with van der Waals surface area (Å²) in [5.41, 5.74) is 0. The molecule has 0 radical (unpaired) electrons. The SMILES string of the molecule is O=C(n1ccnc1)n1ccnc1.O=[P+](O)O. The maximum Gasteiger partial charge on any atom is 0.692 e. The summed E-state index contributed by atoms with van der Waals surface area (Å²) in [5, 5.41) is 0. The van der Waals surface area contributed by atoms with E-state index in [0.29, 0.717) is 0 Å². The second-order valence-corrected chi connectivity index (χ2v) is 2.98. The molecule has 0 amide bonds. The number of hydrogen-bond donors (Lipinski definition) is 2. The Morgan fingerprint density at radius 1 is 1.06 bits per heavy atom. The van der Waals surface area contributed by atoms with Gasteiger partial charge in [0, 0.05) is 29.4 Å². The smallest absolute Gasteiger partial charge is 0.257 e. The Kier molecular flexibility index (Phi) is 4.46. The lowest BCUT2D eigenvalue weighted by atomic mass is 10.8. The quantitative estimate of drug-likeness (QED) is 0.640. The number of aromatic nitrogens is 4. The van der Waals surface area contributed by atoms with Crippen LogP contribution in [0.4, 0.5) is 4.79 Å². The van der Waals surface area contributed by atoms with Crippen molar-refractivity contribution in [2.75, 3.05) is 0 Å². The van der Waals surface area contributed by atoms with E-state index in [0.717, 1.165) is 0 Å². The van der Waals surface area contributed by atoms with Gasteiger partial charge in [-0.15, -0.1) is 9.79 Å². The first kappa shape index (κ1) is 12.2. The first-order chi connectivity index (χ1) is 7.61. The van der Waals surface area contributed by atoms with Crippen molar-refractivity contribution in [3.8, 4) is 0 Å². The zero-order valence-corrected chi connectivity index (χ0v) is 8.81. The molecule has 16 heavy (non-hydrogen) atoms. The zero-order chi connectivity index (χ0) is 12.0. The average molecular weight is 243 g/mol. The molecule has 8 nitrogen and oxygen atoms in total. The number of carbonyl (C=O) groups is 1. The van der Waals surface area contributed by atoms with Crippen molar-refractivity contribution in [2.45, 2.75) is 0 Å². The van der Waals surface area contributed by atoms with E-state index in [2.05, 4.69) is 9.97 Å². The topological polar surface area (TPSA) is 110 Å². The summed E-state index contributed by atoms with van der Waals surface area (Å²) in [6.45, 7) is 0. The van der Waals surface area contributed by atoms with Gasteiger partial charge in [0.1, 0.15) is 12.7 Å². The van der Waals surface area contributed by atoms with Gasteiger partial charge in [-0.05, 0) is 0 Å². The molecule has 2 N–H and O–H groups in total. The van der Waals surface area contributed by atoms with Gasteiger partial charge in [0.2, 0.25) is 0 Å². The first-order valence-electron chi connectivity index (χ1n) is 3.97. The fourth-order valence-corrected chi connectivity index (χ4v) is 0.878. The fraction of sp³-hybridized carbons (Fsp3) is 0. The normalized spacial score (nSPS) is 9.12. The highest BCUT2D eigenvalue weighted by atomic mass is 31.1. The molecule has 9 heteroatoms. The molecule has 0 atom stereocenters. The van der Waals surface area contributed by atoms with Crippen LogP contribution < -0.4 is 0 Å². The third-order valence-electron chi connectivity index (χ3n) is 1.45. The predicted octanol–water partition coefficient (Wildman–Crippen LogP) is 0.224. The van der Waals surface area contributed by atoms with E-state index in [-0.39, 0.29) is 6.03 Å². The number of carbonyl (C=O) groups excluding carboxylic acids is 1. The molecule has 0 aliphatic rings. The molecule has 0 aliphatic carbocycles. The van der Waals surface area contributed by atoms with Crippen molar-refractivity contribution in [2.24, 2.45) is 0 Å². The Morgan fingerprint density at radius 2 is 1.44 bits per heavy atom. The van der Waals surface area contributed by atoms with Gasteiger partial charge in [-0.1, -0.05) is 0 Å². The number of rotatable bonds is 0. The number of imidazole rings is 2. The highest BCUT2D eigenvalue weighted by Gasteiger charge is 2.03. The summed E-state index contributed by atoms with van der Waals surface area (Å²) in [7, 11) is -2.87. The Bertz CT molecular complexity index is 412. The number of nitrogens with zero attached hydrogens (tertiary/aromatic N) is 4. The molecule has 0 saturated heterocycles. The third-order valence-corrected chi connectivity index (χ3v) is 1.45. The second kappa shape index (κ2) is 5.86. The van der Waals surface area contributed by atoms with Crippen molar-refractivity contribution >= 4 is 14.3 Å². The lowest BCUT2D eigenvalue weighted by Gasteiger charge is -1.98. The second-order valence-electron chi connectivity index (χ2n) is 2.48. The summed E-state index contributed by atoms with van der Waals surface area (Å²) in [6, 6.07) is -0.190. The molecule has 2 heterocycles. The van der Waals surface area contributed by atoms with Crippen molar-refractivity contribution < 1.29 is 19.1 Å². The molecule has 0 aromatic carbocycles. The minimum atomic E-state index is -2.87.